The van der Waals surface area contributed by atoms with E-state index in [-0.39, 0.29) is 23.8 Å². The summed E-state index contributed by atoms with van der Waals surface area (Å²) in [6.45, 7) is 5.65. The number of rotatable bonds is 3. The number of carbonyl (C=O) groups excluding carboxylic acids is 2. The molecule has 0 bridgehead atoms. The second kappa shape index (κ2) is 7.00. The maximum absolute atomic E-state index is 13.0. The lowest BCUT2D eigenvalue weighted by atomic mass is 9.83. The van der Waals surface area contributed by atoms with Crippen LogP contribution in [-0.4, -0.2) is 53.8 Å². The van der Waals surface area contributed by atoms with Crippen LogP contribution in [0.2, 0.25) is 0 Å². The van der Waals surface area contributed by atoms with Crippen molar-refractivity contribution in [3.8, 4) is 0 Å². The van der Waals surface area contributed by atoms with Gasteiger partial charge in [-0.3, -0.25) is 9.59 Å². The molecule has 2 atom stereocenters. The third-order valence-electron chi connectivity index (χ3n) is 5.35. The molecule has 7 nitrogen and oxygen atoms in total. The Hall–Kier alpha value is -2.15. The standard InChI is InChI=1S/C18H25N3O4/c1-11-9-16(23)25-12(2)17(11)18(24)20-7-5-14-13(10-20)3-4-15(22)21(14)8-6-19/h9,13-14H,3-8,10,19H2,1-2H3. The van der Waals surface area contributed by atoms with Gasteiger partial charge in [0.1, 0.15) is 5.76 Å². The lowest BCUT2D eigenvalue weighted by Crippen LogP contribution is -2.57. The Morgan fingerprint density at radius 1 is 1.32 bits per heavy atom. The van der Waals surface area contributed by atoms with Gasteiger partial charge in [0.05, 0.1) is 5.56 Å². The second-order valence-electron chi connectivity index (χ2n) is 6.96. The summed E-state index contributed by atoms with van der Waals surface area (Å²) >= 11 is 0. The van der Waals surface area contributed by atoms with E-state index in [0.717, 1.165) is 12.8 Å². The highest BCUT2D eigenvalue weighted by molar-refractivity contribution is 5.96. The second-order valence-corrected chi connectivity index (χ2v) is 6.96. The van der Waals surface area contributed by atoms with E-state index < -0.39 is 5.63 Å². The summed E-state index contributed by atoms with van der Waals surface area (Å²) in [5.41, 5.74) is 6.33. The Morgan fingerprint density at radius 2 is 2.08 bits per heavy atom. The van der Waals surface area contributed by atoms with Gasteiger partial charge in [-0.2, -0.15) is 0 Å². The third kappa shape index (κ3) is 3.33. The van der Waals surface area contributed by atoms with Crippen LogP contribution < -0.4 is 11.4 Å². The first-order valence-corrected chi connectivity index (χ1v) is 8.82. The fourth-order valence-electron chi connectivity index (χ4n) is 4.20. The van der Waals surface area contributed by atoms with Crippen LogP contribution in [0.4, 0.5) is 0 Å². The van der Waals surface area contributed by atoms with Crippen molar-refractivity contribution in [2.24, 2.45) is 11.7 Å². The van der Waals surface area contributed by atoms with Gasteiger partial charge in [0.15, 0.2) is 0 Å². The summed E-state index contributed by atoms with van der Waals surface area (Å²) in [5, 5.41) is 0. The summed E-state index contributed by atoms with van der Waals surface area (Å²) in [7, 11) is 0. The molecule has 2 unspecified atom stereocenters. The zero-order valence-electron chi connectivity index (χ0n) is 14.8. The monoisotopic (exact) mass is 347 g/mol. The Labute approximate surface area is 146 Å². The Balaban J connectivity index is 1.78. The van der Waals surface area contributed by atoms with E-state index in [0.29, 0.717) is 49.5 Å². The van der Waals surface area contributed by atoms with Crippen molar-refractivity contribution in [2.75, 3.05) is 26.2 Å². The molecule has 2 aliphatic rings. The molecule has 1 aromatic heterocycles. The summed E-state index contributed by atoms with van der Waals surface area (Å²) in [6.07, 6.45) is 2.08. The fraction of sp³-hybridized carbons (Fsp3) is 0.611. The van der Waals surface area contributed by atoms with E-state index in [4.69, 9.17) is 10.2 Å². The summed E-state index contributed by atoms with van der Waals surface area (Å²) in [4.78, 5) is 40.3. The summed E-state index contributed by atoms with van der Waals surface area (Å²) in [5.74, 6) is 0.710. The van der Waals surface area contributed by atoms with Crippen LogP contribution in [0.1, 0.15) is 40.9 Å². The van der Waals surface area contributed by atoms with E-state index in [2.05, 4.69) is 0 Å². The number of piperidine rings is 2. The van der Waals surface area contributed by atoms with Gasteiger partial charge in [-0.25, -0.2) is 4.79 Å². The van der Waals surface area contributed by atoms with E-state index in [1.165, 1.54) is 6.07 Å². The van der Waals surface area contributed by atoms with Crippen molar-refractivity contribution >= 4 is 11.8 Å². The van der Waals surface area contributed by atoms with Gasteiger partial charge in [0, 0.05) is 44.7 Å². The quantitative estimate of drug-likeness (QED) is 0.867. The molecular weight excluding hydrogens is 322 g/mol. The molecule has 0 spiro atoms. The molecule has 0 aromatic carbocycles. The highest BCUT2D eigenvalue weighted by atomic mass is 16.4. The topological polar surface area (TPSA) is 96.8 Å². The number of hydrogen-bond acceptors (Lipinski definition) is 5. The zero-order chi connectivity index (χ0) is 18.1. The molecule has 3 rings (SSSR count). The molecule has 1 aromatic rings. The Kier molecular flexibility index (Phi) is 4.94. The van der Waals surface area contributed by atoms with Crippen LogP contribution in [0.25, 0.3) is 0 Å². The van der Waals surface area contributed by atoms with E-state index in [9.17, 15) is 14.4 Å². The SMILES string of the molecule is Cc1cc(=O)oc(C)c1C(=O)N1CCC2C(CCC(=O)N2CCN)C1. The van der Waals surface area contributed by atoms with E-state index in [1.54, 1.807) is 13.8 Å². The van der Waals surface area contributed by atoms with Gasteiger partial charge in [-0.15, -0.1) is 0 Å². The lowest BCUT2D eigenvalue weighted by molar-refractivity contribution is -0.140. The maximum atomic E-state index is 13.0. The first-order valence-electron chi connectivity index (χ1n) is 8.82. The molecule has 25 heavy (non-hydrogen) atoms. The van der Waals surface area contributed by atoms with Gasteiger partial charge in [0.2, 0.25) is 5.91 Å². The fourth-order valence-corrected chi connectivity index (χ4v) is 4.20. The number of aryl methyl sites for hydroxylation is 2. The number of carbonyl (C=O) groups is 2. The van der Waals surface area contributed by atoms with Gasteiger partial charge in [-0.1, -0.05) is 0 Å². The van der Waals surface area contributed by atoms with Crippen molar-refractivity contribution < 1.29 is 14.0 Å². The summed E-state index contributed by atoms with van der Waals surface area (Å²) < 4.78 is 5.10. The molecule has 3 heterocycles. The molecule has 2 amide bonds. The molecule has 0 radical (unpaired) electrons. The van der Waals surface area contributed by atoms with Gasteiger partial charge in [-0.05, 0) is 38.2 Å². The van der Waals surface area contributed by atoms with Gasteiger partial charge < -0.3 is 20.0 Å². The summed E-state index contributed by atoms with van der Waals surface area (Å²) in [6, 6.07) is 1.53. The number of nitrogens with zero attached hydrogens (tertiary/aromatic N) is 2. The minimum absolute atomic E-state index is 0.0977. The van der Waals surface area contributed by atoms with Crippen LogP contribution in [0, 0.1) is 19.8 Å². The molecule has 2 fully saturated rings. The van der Waals surface area contributed by atoms with Crippen LogP contribution in [-0.2, 0) is 4.79 Å². The van der Waals surface area contributed by atoms with Gasteiger partial charge in [0.25, 0.3) is 5.91 Å². The average molecular weight is 347 g/mol. The minimum atomic E-state index is -0.437. The zero-order valence-corrected chi connectivity index (χ0v) is 14.8. The molecule has 2 saturated heterocycles. The number of amides is 2. The highest BCUT2D eigenvalue weighted by Crippen LogP contribution is 2.32. The third-order valence-corrected chi connectivity index (χ3v) is 5.35. The first-order chi connectivity index (χ1) is 11.9. The van der Waals surface area contributed by atoms with E-state index in [1.807, 2.05) is 9.80 Å². The van der Waals surface area contributed by atoms with Crippen LogP contribution >= 0.6 is 0 Å². The number of nitrogens with two attached hydrogens (primary N) is 1. The Morgan fingerprint density at radius 3 is 2.76 bits per heavy atom. The molecule has 0 saturated carbocycles. The molecule has 136 valence electrons. The highest BCUT2D eigenvalue weighted by Gasteiger charge is 2.40. The molecule has 2 N–H and O–H groups in total. The molecular formula is C18H25N3O4. The number of hydrogen-bond donors (Lipinski definition) is 1. The number of fused-ring (bicyclic) bond motifs is 1. The first kappa shape index (κ1) is 17.7. The molecule has 7 heteroatoms. The molecule has 0 aliphatic carbocycles. The van der Waals surface area contributed by atoms with Crippen LogP contribution in [0.3, 0.4) is 0 Å². The van der Waals surface area contributed by atoms with Crippen LogP contribution in [0.15, 0.2) is 15.3 Å². The maximum Gasteiger partial charge on any atom is 0.336 e. The largest absolute Gasteiger partial charge is 0.427 e. The van der Waals surface area contributed by atoms with Gasteiger partial charge >= 0.3 is 5.63 Å². The van der Waals surface area contributed by atoms with Crippen molar-refractivity contribution in [3.05, 3.63) is 33.4 Å². The van der Waals surface area contributed by atoms with E-state index >= 15 is 0 Å². The van der Waals surface area contributed by atoms with Crippen molar-refractivity contribution in [1.82, 2.24) is 9.80 Å². The lowest BCUT2D eigenvalue weighted by Gasteiger charge is -2.47. The van der Waals surface area contributed by atoms with Crippen molar-refractivity contribution in [2.45, 2.75) is 39.2 Å². The van der Waals surface area contributed by atoms with Crippen LogP contribution in [0.5, 0.6) is 0 Å². The normalized spacial score (nSPS) is 23.6. The smallest absolute Gasteiger partial charge is 0.336 e. The Bertz CT molecular complexity index is 716. The van der Waals surface area contributed by atoms with Crippen molar-refractivity contribution in [1.29, 1.82) is 0 Å². The molecule has 2 aliphatic heterocycles. The van der Waals surface area contributed by atoms with Crippen molar-refractivity contribution in [3.63, 3.8) is 0 Å². The minimum Gasteiger partial charge on any atom is -0.427 e. The predicted octanol–water partition coefficient (Wildman–Crippen LogP) is 0.668. The average Bonchev–Trinajstić information content (AvgIpc) is 2.56. The number of likely N-dealkylation sites (tertiary alicyclic amines) is 2. The predicted molar refractivity (Wildman–Crippen MR) is 92.3 cm³/mol.